The number of carbonyl (C=O) groups is 2. The molecule has 1 saturated heterocycles. The van der Waals surface area contributed by atoms with Crippen molar-refractivity contribution in [1.82, 2.24) is 15.1 Å². The molecule has 1 aliphatic heterocycles. The summed E-state index contributed by atoms with van der Waals surface area (Å²) in [5, 5.41) is 12.6. The first kappa shape index (κ1) is 16.4. The van der Waals surface area contributed by atoms with Gasteiger partial charge in [0.1, 0.15) is 5.01 Å². The van der Waals surface area contributed by atoms with Crippen LogP contribution < -0.4 is 5.32 Å². The van der Waals surface area contributed by atoms with E-state index in [-0.39, 0.29) is 23.7 Å². The van der Waals surface area contributed by atoms with Crippen LogP contribution in [0.5, 0.6) is 0 Å². The monoisotopic (exact) mass is 336 g/mol. The van der Waals surface area contributed by atoms with Crippen LogP contribution in [-0.4, -0.2) is 40.0 Å². The third-order valence-corrected chi connectivity index (χ3v) is 5.24. The van der Waals surface area contributed by atoms with E-state index in [0.29, 0.717) is 24.1 Å². The zero-order chi connectivity index (χ0) is 16.4. The van der Waals surface area contributed by atoms with Crippen LogP contribution in [0.25, 0.3) is 0 Å². The highest BCUT2D eigenvalue weighted by Crippen LogP contribution is 2.32. The van der Waals surface area contributed by atoms with Gasteiger partial charge in [-0.05, 0) is 31.6 Å². The lowest BCUT2D eigenvalue weighted by molar-refractivity contribution is -0.135. The third-order valence-electron chi connectivity index (χ3n) is 4.38. The van der Waals surface area contributed by atoms with E-state index in [4.69, 9.17) is 0 Å². The lowest BCUT2D eigenvalue weighted by atomic mass is 9.95. The summed E-state index contributed by atoms with van der Waals surface area (Å²) in [6.45, 7) is 5.66. The van der Waals surface area contributed by atoms with Crippen LogP contribution in [-0.2, 0) is 16.0 Å². The molecule has 3 rings (SSSR count). The number of hydrogen-bond acceptors (Lipinski definition) is 5. The second-order valence-corrected chi connectivity index (χ2v) is 8.02. The van der Waals surface area contributed by atoms with Crippen LogP contribution in [0.2, 0.25) is 0 Å². The third kappa shape index (κ3) is 4.28. The van der Waals surface area contributed by atoms with Crippen molar-refractivity contribution in [2.24, 2.45) is 17.8 Å². The number of hydrogen-bond donors (Lipinski definition) is 1. The summed E-state index contributed by atoms with van der Waals surface area (Å²) in [6.07, 6.45) is 4.43. The summed E-state index contributed by atoms with van der Waals surface area (Å²) in [5.41, 5.74) is 0. The highest BCUT2D eigenvalue weighted by atomic mass is 32.1. The van der Waals surface area contributed by atoms with Gasteiger partial charge in [0, 0.05) is 31.3 Å². The number of carbonyl (C=O) groups excluding carboxylic acids is 2. The molecule has 0 bridgehead atoms. The summed E-state index contributed by atoms with van der Waals surface area (Å²) in [5.74, 6) is 1.05. The standard InChI is InChI=1S/C16H24N4O2S/c1-10(2)9-13-18-19-16(23-13)17-14(21)11-5-7-20(8-6-11)15(22)12-3-4-12/h10-12H,3-9H2,1-2H3,(H,17,19,21). The molecule has 2 amide bonds. The van der Waals surface area contributed by atoms with E-state index in [1.54, 1.807) is 0 Å². The van der Waals surface area contributed by atoms with Gasteiger partial charge in [-0.1, -0.05) is 25.2 Å². The lowest BCUT2D eigenvalue weighted by Gasteiger charge is -2.31. The van der Waals surface area contributed by atoms with Gasteiger partial charge in [0.2, 0.25) is 16.9 Å². The van der Waals surface area contributed by atoms with Gasteiger partial charge >= 0.3 is 0 Å². The van der Waals surface area contributed by atoms with E-state index in [0.717, 1.165) is 37.1 Å². The minimum Gasteiger partial charge on any atom is -0.342 e. The van der Waals surface area contributed by atoms with Crippen molar-refractivity contribution >= 4 is 28.3 Å². The van der Waals surface area contributed by atoms with Crippen LogP contribution in [0, 0.1) is 17.8 Å². The van der Waals surface area contributed by atoms with Crippen molar-refractivity contribution in [3.8, 4) is 0 Å². The molecule has 6 nitrogen and oxygen atoms in total. The van der Waals surface area contributed by atoms with Crippen LogP contribution in [0.1, 0.15) is 44.5 Å². The molecule has 2 heterocycles. The van der Waals surface area contributed by atoms with E-state index >= 15 is 0 Å². The van der Waals surface area contributed by atoms with Crippen molar-refractivity contribution in [2.75, 3.05) is 18.4 Å². The summed E-state index contributed by atoms with van der Waals surface area (Å²) < 4.78 is 0. The molecule has 0 unspecified atom stereocenters. The SMILES string of the molecule is CC(C)Cc1nnc(NC(=O)C2CCN(C(=O)C3CC3)CC2)s1. The fourth-order valence-corrected chi connectivity index (χ4v) is 3.85. The van der Waals surface area contributed by atoms with Crippen LogP contribution in [0.4, 0.5) is 5.13 Å². The van der Waals surface area contributed by atoms with Gasteiger partial charge in [-0.3, -0.25) is 9.59 Å². The predicted molar refractivity (Wildman–Crippen MR) is 89.1 cm³/mol. The number of aromatic nitrogens is 2. The molecular formula is C16H24N4O2S. The number of rotatable bonds is 5. The van der Waals surface area contributed by atoms with Crippen molar-refractivity contribution in [3.63, 3.8) is 0 Å². The molecule has 0 atom stereocenters. The highest BCUT2D eigenvalue weighted by molar-refractivity contribution is 7.15. The van der Waals surface area contributed by atoms with Gasteiger partial charge in [-0.2, -0.15) is 0 Å². The van der Waals surface area contributed by atoms with Crippen molar-refractivity contribution in [1.29, 1.82) is 0 Å². The number of anilines is 1. The Balaban J connectivity index is 1.47. The smallest absolute Gasteiger partial charge is 0.229 e. The van der Waals surface area contributed by atoms with Gasteiger partial charge in [-0.25, -0.2) is 0 Å². The van der Waals surface area contributed by atoms with E-state index in [9.17, 15) is 9.59 Å². The molecule has 2 aliphatic rings. The van der Waals surface area contributed by atoms with Gasteiger partial charge in [-0.15, -0.1) is 10.2 Å². The molecule has 126 valence electrons. The maximum Gasteiger partial charge on any atom is 0.229 e. The summed E-state index contributed by atoms with van der Waals surface area (Å²) >= 11 is 1.45. The number of piperidine rings is 1. The van der Waals surface area contributed by atoms with Gasteiger partial charge in [0.15, 0.2) is 0 Å². The van der Waals surface area contributed by atoms with Gasteiger partial charge in [0.25, 0.3) is 0 Å². The van der Waals surface area contributed by atoms with Crippen LogP contribution in [0.3, 0.4) is 0 Å². The molecule has 1 aliphatic carbocycles. The maximum absolute atomic E-state index is 12.3. The molecule has 7 heteroatoms. The normalized spacial score (nSPS) is 19.2. The van der Waals surface area contributed by atoms with Crippen molar-refractivity contribution < 1.29 is 9.59 Å². The fraction of sp³-hybridized carbons (Fsp3) is 0.750. The van der Waals surface area contributed by atoms with Crippen LogP contribution >= 0.6 is 11.3 Å². The number of nitrogens with zero attached hydrogens (tertiary/aromatic N) is 3. The Morgan fingerprint density at radius 1 is 1.17 bits per heavy atom. The van der Waals surface area contributed by atoms with E-state index in [1.807, 2.05) is 4.90 Å². The minimum absolute atomic E-state index is 0.00997. The molecule has 0 spiro atoms. The fourth-order valence-electron chi connectivity index (χ4n) is 2.89. The predicted octanol–water partition coefficient (Wildman–Crippen LogP) is 2.32. The first-order chi connectivity index (χ1) is 11.0. The minimum atomic E-state index is -0.0318. The Morgan fingerprint density at radius 3 is 2.48 bits per heavy atom. The lowest BCUT2D eigenvalue weighted by Crippen LogP contribution is -2.42. The zero-order valence-electron chi connectivity index (χ0n) is 13.7. The number of nitrogens with one attached hydrogen (secondary N) is 1. The topological polar surface area (TPSA) is 75.2 Å². The Labute approximate surface area is 140 Å². The van der Waals surface area contributed by atoms with E-state index in [2.05, 4.69) is 29.4 Å². The number of likely N-dealkylation sites (tertiary alicyclic amines) is 1. The molecule has 1 N–H and O–H groups in total. The average molecular weight is 336 g/mol. The largest absolute Gasteiger partial charge is 0.342 e. The zero-order valence-corrected chi connectivity index (χ0v) is 14.6. The second kappa shape index (κ2) is 6.95. The molecule has 2 fully saturated rings. The Morgan fingerprint density at radius 2 is 1.87 bits per heavy atom. The molecule has 0 radical (unpaired) electrons. The Bertz CT molecular complexity index is 574. The first-order valence-electron chi connectivity index (χ1n) is 8.45. The van der Waals surface area contributed by atoms with Gasteiger partial charge in [0.05, 0.1) is 0 Å². The summed E-state index contributed by atoms with van der Waals surface area (Å²) in [6, 6.07) is 0. The summed E-state index contributed by atoms with van der Waals surface area (Å²) in [4.78, 5) is 26.3. The molecule has 1 aromatic rings. The maximum atomic E-state index is 12.3. The second-order valence-electron chi connectivity index (χ2n) is 6.96. The molecule has 1 aromatic heterocycles. The van der Waals surface area contributed by atoms with Crippen molar-refractivity contribution in [2.45, 2.75) is 46.0 Å². The molecule has 0 aromatic carbocycles. The first-order valence-corrected chi connectivity index (χ1v) is 9.26. The Hall–Kier alpha value is -1.50. The van der Waals surface area contributed by atoms with Crippen LogP contribution in [0.15, 0.2) is 0 Å². The van der Waals surface area contributed by atoms with E-state index in [1.165, 1.54) is 11.3 Å². The van der Waals surface area contributed by atoms with Gasteiger partial charge < -0.3 is 10.2 Å². The molecule has 1 saturated carbocycles. The average Bonchev–Trinajstić information content (AvgIpc) is 3.29. The summed E-state index contributed by atoms with van der Waals surface area (Å²) in [7, 11) is 0. The van der Waals surface area contributed by atoms with E-state index < -0.39 is 0 Å². The molecule has 23 heavy (non-hydrogen) atoms. The molecular weight excluding hydrogens is 312 g/mol. The highest BCUT2D eigenvalue weighted by Gasteiger charge is 2.36. The Kier molecular flexibility index (Phi) is 4.94. The van der Waals surface area contributed by atoms with Crippen molar-refractivity contribution in [3.05, 3.63) is 5.01 Å². The quantitative estimate of drug-likeness (QED) is 0.895. The number of amides is 2.